The first-order valence-corrected chi connectivity index (χ1v) is 8.07. The average molecular weight is 335 g/mol. The molecule has 6 heteroatoms. The van der Waals surface area contributed by atoms with Gasteiger partial charge in [-0.3, -0.25) is 9.59 Å². The lowest BCUT2D eigenvalue weighted by Crippen LogP contribution is -2.49. The van der Waals surface area contributed by atoms with Gasteiger partial charge in [0, 0.05) is 24.1 Å². The number of para-hydroxylation sites is 1. The zero-order valence-electron chi connectivity index (χ0n) is 14.0. The molecule has 3 N–H and O–H groups in total. The molecule has 0 bridgehead atoms. The van der Waals surface area contributed by atoms with Gasteiger partial charge in [0.05, 0.1) is 11.3 Å². The van der Waals surface area contributed by atoms with Crippen LogP contribution >= 0.6 is 0 Å². The number of hydrogen-bond donors (Lipinski definition) is 2. The van der Waals surface area contributed by atoms with Gasteiger partial charge in [0.25, 0.3) is 0 Å². The predicted molar refractivity (Wildman–Crippen MR) is 89.7 cm³/mol. The van der Waals surface area contributed by atoms with E-state index in [-0.39, 0.29) is 28.2 Å². The number of anilines is 1. The lowest BCUT2D eigenvalue weighted by atomic mass is 9.63. The van der Waals surface area contributed by atoms with Gasteiger partial charge >= 0.3 is 0 Å². The molecular weight excluding hydrogens is 318 g/mol. The highest BCUT2D eigenvalue weighted by molar-refractivity contribution is 6.18. The van der Waals surface area contributed by atoms with Gasteiger partial charge in [-0.25, -0.2) is 0 Å². The van der Waals surface area contributed by atoms with Crippen LogP contribution in [-0.4, -0.2) is 11.7 Å². The molecule has 2 heterocycles. The lowest BCUT2D eigenvalue weighted by Gasteiger charge is -2.41. The Bertz CT molecular complexity index is 949. The first kappa shape index (κ1) is 15.5. The van der Waals surface area contributed by atoms with E-state index in [1.54, 1.807) is 24.3 Å². The highest BCUT2D eigenvalue weighted by atomic mass is 16.5. The van der Waals surface area contributed by atoms with Gasteiger partial charge in [-0.1, -0.05) is 32.0 Å². The van der Waals surface area contributed by atoms with Gasteiger partial charge in [-0.2, -0.15) is 5.26 Å². The third kappa shape index (κ3) is 1.84. The summed E-state index contributed by atoms with van der Waals surface area (Å²) in [4.78, 5) is 26.1. The zero-order chi connectivity index (χ0) is 18.0. The number of benzene rings is 1. The molecule has 0 aromatic heterocycles. The van der Waals surface area contributed by atoms with Crippen molar-refractivity contribution in [3.63, 3.8) is 0 Å². The van der Waals surface area contributed by atoms with Crippen LogP contribution in [0.5, 0.6) is 0 Å². The maximum atomic E-state index is 13.1. The highest BCUT2D eigenvalue weighted by Gasteiger charge is 2.60. The van der Waals surface area contributed by atoms with Crippen molar-refractivity contribution in [3.8, 4) is 6.07 Å². The van der Waals surface area contributed by atoms with E-state index in [2.05, 4.69) is 5.32 Å². The Hall–Kier alpha value is -3.07. The molecule has 1 aliphatic carbocycles. The molecule has 0 radical (unpaired) electrons. The number of fused-ring (bicyclic) bond motifs is 3. The summed E-state index contributed by atoms with van der Waals surface area (Å²) in [6.45, 7) is 3.92. The summed E-state index contributed by atoms with van der Waals surface area (Å²) in [5.74, 6) is -0.323. The molecule has 126 valence electrons. The largest absolute Gasteiger partial charge is 0.448 e. The number of nitriles is 1. The minimum absolute atomic E-state index is 0.0238. The number of rotatable bonds is 0. The number of carbonyl (C=O) groups is 2. The number of amides is 1. The topological polar surface area (TPSA) is 105 Å². The SMILES string of the molecule is CC1(C)CC(=O)C2=C(C1)OC(C#N)=C(N)C21C(=O)Nc2ccccc21. The quantitative estimate of drug-likeness (QED) is 0.756. The van der Waals surface area contributed by atoms with Crippen LogP contribution in [0.15, 0.2) is 47.1 Å². The molecule has 1 aromatic rings. The van der Waals surface area contributed by atoms with Gasteiger partial charge in [-0.15, -0.1) is 0 Å². The molecule has 0 fully saturated rings. The summed E-state index contributed by atoms with van der Waals surface area (Å²) in [6, 6.07) is 9.04. The van der Waals surface area contributed by atoms with E-state index in [0.29, 0.717) is 29.9 Å². The van der Waals surface area contributed by atoms with Crippen LogP contribution in [0.25, 0.3) is 0 Å². The minimum Gasteiger partial charge on any atom is -0.448 e. The molecule has 2 aliphatic heterocycles. The number of Topliss-reactive ketones (excluding diaryl/α,β-unsaturated/α-hetero) is 1. The molecule has 1 amide bonds. The number of carbonyl (C=O) groups excluding carboxylic acids is 2. The first-order valence-electron chi connectivity index (χ1n) is 8.07. The summed E-state index contributed by atoms with van der Waals surface area (Å²) in [6.07, 6.45) is 0.755. The van der Waals surface area contributed by atoms with Crippen molar-refractivity contribution in [1.29, 1.82) is 5.26 Å². The third-order valence-corrected chi connectivity index (χ3v) is 5.11. The minimum atomic E-state index is -1.48. The molecule has 1 unspecified atom stereocenters. The fourth-order valence-electron chi connectivity index (χ4n) is 4.11. The lowest BCUT2D eigenvalue weighted by molar-refractivity contribution is -0.124. The van der Waals surface area contributed by atoms with Crippen molar-refractivity contribution in [2.45, 2.75) is 32.1 Å². The zero-order valence-corrected chi connectivity index (χ0v) is 14.0. The Morgan fingerprint density at radius 2 is 1.96 bits per heavy atom. The third-order valence-electron chi connectivity index (χ3n) is 5.11. The number of ketones is 1. The Labute approximate surface area is 144 Å². The summed E-state index contributed by atoms with van der Waals surface area (Å²) in [7, 11) is 0. The predicted octanol–water partition coefficient (Wildman–Crippen LogP) is 2.24. The smallest absolute Gasteiger partial charge is 0.246 e. The van der Waals surface area contributed by atoms with Crippen molar-refractivity contribution < 1.29 is 14.3 Å². The monoisotopic (exact) mass is 335 g/mol. The molecule has 25 heavy (non-hydrogen) atoms. The first-order chi connectivity index (χ1) is 11.8. The van der Waals surface area contributed by atoms with Crippen LogP contribution in [0.2, 0.25) is 0 Å². The van der Waals surface area contributed by atoms with Crippen molar-refractivity contribution >= 4 is 17.4 Å². The van der Waals surface area contributed by atoms with Crippen molar-refractivity contribution in [3.05, 3.63) is 52.6 Å². The van der Waals surface area contributed by atoms with Crippen LogP contribution in [0, 0.1) is 16.7 Å². The Kier molecular flexibility index (Phi) is 2.92. The normalized spacial score (nSPS) is 26.8. The number of hydrogen-bond acceptors (Lipinski definition) is 5. The second kappa shape index (κ2) is 4.73. The number of nitrogens with one attached hydrogen (secondary N) is 1. The second-order valence-electron chi connectivity index (χ2n) is 7.45. The Morgan fingerprint density at radius 3 is 2.68 bits per heavy atom. The van der Waals surface area contributed by atoms with Gasteiger partial charge in [0.1, 0.15) is 11.8 Å². The van der Waals surface area contributed by atoms with E-state index in [0.717, 1.165) is 0 Å². The van der Waals surface area contributed by atoms with Gasteiger partial charge < -0.3 is 15.8 Å². The molecule has 1 spiro atoms. The van der Waals surface area contributed by atoms with Crippen LogP contribution in [-0.2, 0) is 19.7 Å². The van der Waals surface area contributed by atoms with Gasteiger partial charge in [0.15, 0.2) is 11.2 Å². The van der Waals surface area contributed by atoms with E-state index in [1.807, 2.05) is 19.9 Å². The average Bonchev–Trinajstić information content (AvgIpc) is 2.82. The summed E-state index contributed by atoms with van der Waals surface area (Å²) in [5, 5.41) is 12.3. The molecule has 0 saturated heterocycles. The van der Waals surface area contributed by atoms with Crippen molar-refractivity contribution in [1.82, 2.24) is 0 Å². The second-order valence-corrected chi connectivity index (χ2v) is 7.45. The Morgan fingerprint density at radius 1 is 1.24 bits per heavy atom. The molecule has 4 rings (SSSR count). The number of ether oxygens (including phenoxy) is 1. The molecule has 1 atom stereocenters. The van der Waals surface area contributed by atoms with Gasteiger partial charge in [-0.05, 0) is 11.5 Å². The molecule has 0 saturated carbocycles. The Balaban J connectivity index is 2.08. The van der Waals surface area contributed by atoms with Crippen LogP contribution in [0.1, 0.15) is 32.3 Å². The van der Waals surface area contributed by atoms with Crippen LogP contribution < -0.4 is 11.1 Å². The number of nitrogens with two attached hydrogens (primary N) is 1. The number of allylic oxidation sites excluding steroid dienone is 2. The number of nitrogens with zero attached hydrogens (tertiary/aromatic N) is 1. The van der Waals surface area contributed by atoms with Crippen molar-refractivity contribution in [2.75, 3.05) is 5.32 Å². The fourth-order valence-corrected chi connectivity index (χ4v) is 4.11. The van der Waals surface area contributed by atoms with E-state index >= 15 is 0 Å². The van der Waals surface area contributed by atoms with Gasteiger partial charge in [0.2, 0.25) is 11.7 Å². The maximum Gasteiger partial charge on any atom is 0.246 e. The summed E-state index contributed by atoms with van der Waals surface area (Å²) in [5.41, 5.74) is 5.90. The van der Waals surface area contributed by atoms with E-state index in [9.17, 15) is 14.9 Å². The molecule has 6 nitrogen and oxygen atoms in total. The summed E-state index contributed by atoms with van der Waals surface area (Å²) < 4.78 is 5.68. The molecular formula is C19H17N3O3. The summed E-state index contributed by atoms with van der Waals surface area (Å²) >= 11 is 0. The fraction of sp³-hybridized carbons (Fsp3) is 0.316. The standard InChI is InChI=1S/C19H17N3O3/c1-18(2)7-12(23)15-13(8-18)25-14(9-20)16(21)19(15)10-5-3-4-6-11(10)22-17(19)24/h3-6H,7-8,21H2,1-2H3,(H,22,24). The van der Waals surface area contributed by atoms with Crippen molar-refractivity contribution in [2.24, 2.45) is 11.1 Å². The molecule has 3 aliphatic rings. The van der Waals surface area contributed by atoms with E-state index in [1.165, 1.54) is 0 Å². The molecule has 1 aromatic carbocycles. The van der Waals surface area contributed by atoms with E-state index in [4.69, 9.17) is 10.5 Å². The van der Waals surface area contributed by atoms with Crippen LogP contribution in [0.4, 0.5) is 5.69 Å². The highest BCUT2D eigenvalue weighted by Crippen LogP contribution is 2.54. The van der Waals surface area contributed by atoms with E-state index < -0.39 is 11.3 Å². The van der Waals surface area contributed by atoms with Crippen LogP contribution in [0.3, 0.4) is 0 Å². The maximum absolute atomic E-state index is 13.1.